The molecule has 1 aromatic heterocycles. The maximum atomic E-state index is 2.50. The number of aromatic nitrogens is 1. The fourth-order valence-corrected chi connectivity index (χ4v) is 9.79. The van der Waals surface area contributed by atoms with Gasteiger partial charge in [0.15, 0.2) is 0 Å². The van der Waals surface area contributed by atoms with Crippen LogP contribution in [0.5, 0.6) is 0 Å². The lowest BCUT2D eigenvalue weighted by atomic mass is 9.81. The Morgan fingerprint density at radius 3 is 1.30 bits per heavy atom. The predicted octanol–water partition coefficient (Wildman–Crippen LogP) is 15.6. The molecule has 0 unspecified atom stereocenters. The van der Waals surface area contributed by atoms with Crippen molar-refractivity contribution in [3.63, 3.8) is 0 Å². The van der Waals surface area contributed by atoms with Crippen LogP contribution in [0.1, 0.15) is 0 Å². The molecule has 0 saturated carbocycles. The Kier molecular flexibility index (Phi) is 7.00. The van der Waals surface area contributed by atoms with Gasteiger partial charge in [0.25, 0.3) is 0 Å². The first-order valence-electron chi connectivity index (χ1n) is 19.8. The lowest BCUT2D eigenvalue weighted by Crippen LogP contribution is -2.00. The number of fused-ring (bicyclic) bond motifs is 8. The number of benzene rings is 11. The average molecular weight is 722 g/mol. The molecule has 1 nitrogen and oxygen atoms in total. The molecule has 0 fully saturated rings. The molecule has 0 N–H and O–H groups in total. The van der Waals surface area contributed by atoms with Crippen LogP contribution in [0.15, 0.2) is 212 Å². The van der Waals surface area contributed by atoms with Gasteiger partial charge in [-0.25, -0.2) is 0 Å². The topological polar surface area (TPSA) is 4.93 Å². The summed E-state index contributed by atoms with van der Waals surface area (Å²) in [5.41, 5.74) is 11.1. The van der Waals surface area contributed by atoms with Gasteiger partial charge >= 0.3 is 0 Å². The summed E-state index contributed by atoms with van der Waals surface area (Å²) in [7, 11) is 0. The van der Waals surface area contributed by atoms with Gasteiger partial charge in [0.1, 0.15) is 0 Å². The average Bonchev–Trinajstić information content (AvgIpc) is 3.61. The van der Waals surface area contributed by atoms with Crippen molar-refractivity contribution in [3.8, 4) is 39.1 Å². The van der Waals surface area contributed by atoms with Crippen molar-refractivity contribution < 1.29 is 0 Å². The highest BCUT2D eigenvalue weighted by Gasteiger charge is 2.24. The Labute approximate surface area is 330 Å². The van der Waals surface area contributed by atoms with Crippen LogP contribution in [0.3, 0.4) is 0 Å². The van der Waals surface area contributed by atoms with Crippen LogP contribution in [0.2, 0.25) is 0 Å². The zero-order chi connectivity index (χ0) is 37.5. The quantitative estimate of drug-likeness (QED) is 0.160. The summed E-state index contributed by atoms with van der Waals surface area (Å²) in [6.07, 6.45) is 0. The first-order chi connectivity index (χ1) is 28.3. The summed E-state index contributed by atoms with van der Waals surface area (Å²) in [6.45, 7) is 0. The fourth-order valence-electron chi connectivity index (χ4n) is 9.79. The molecule has 0 aliphatic rings. The van der Waals surface area contributed by atoms with Crippen LogP contribution in [-0.2, 0) is 0 Å². The van der Waals surface area contributed by atoms with Crippen LogP contribution >= 0.6 is 0 Å². The Morgan fingerprint density at radius 1 is 0.246 bits per heavy atom. The molecule has 0 atom stereocenters. The lowest BCUT2D eigenvalue weighted by molar-refractivity contribution is 1.21. The Bertz CT molecular complexity index is 3450. The van der Waals surface area contributed by atoms with Crippen molar-refractivity contribution in [2.24, 2.45) is 0 Å². The van der Waals surface area contributed by atoms with E-state index >= 15 is 0 Å². The van der Waals surface area contributed by atoms with E-state index in [1.807, 2.05) is 0 Å². The van der Waals surface area contributed by atoms with Gasteiger partial charge in [0.2, 0.25) is 0 Å². The SMILES string of the molecule is c1ccc(-c2c3ccccc3c(-c3c4ccccc4c(-n4c5ccccc5c5ccccc54)c4ccccc34)c3ccc(-c4cccc5ccccc45)cc23)cc1. The van der Waals surface area contributed by atoms with Crippen molar-refractivity contribution in [3.05, 3.63) is 212 Å². The molecule has 0 spiro atoms. The second kappa shape index (κ2) is 12.5. The molecule has 0 bridgehead atoms. The summed E-state index contributed by atoms with van der Waals surface area (Å²) >= 11 is 0. The van der Waals surface area contributed by atoms with Gasteiger partial charge < -0.3 is 4.57 Å². The predicted molar refractivity (Wildman–Crippen MR) is 245 cm³/mol. The zero-order valence-electron chi connectivity index (χ0n) is 31.2. The van der Waals surface area contributed by atoms with Gasteiger partial charge in [-0.15, -0.1) is 0 Å². The van der Waals surface area contributed by atoms with Crippen molar-refractivity contribution in [2.75, 3.05) is 0 Å². The Morgan fingerprint density at radius 2 is 0.684 bits per heavy atom. The largest absolute Gasteiger partial charge is 0.308 e. The van der Waals surface area contributed by atoms with E-state index in [1.54, 1.807) is 0 Å². The number of para-hydroxylation sites is 2. The van der Waals surface area contributed by atoms with Gasteiger partial charge in [-0.3, -0.25) is 0 Å². The number of rotatable bonds is 4. The van der Waals surface area contributed by atoms with Crippen molar-refractivity contribution in [1.82, 2.24) is 4.57 Å². The molecular weight excluding hydrogens is 687 g/mol. The highest BCUT2D eigenvalue weighted by atomic mass is 15.0. The molecule has 0 aliphatic carbocycles. The van der Waals surface area contributed by atoms with E-state index in [0.717, 1.165) is 0 Å². The van der Waals surface area contributed by atoms with Gasteiger partial charge in [-0.05, 0) is 94.7 Å². The highest BCUT2D eigenvalue weighted by molar-refractivity contribution is 6.30. The maximum absolute atomic E-state index is 2.50. The maximum Gasteiger partial charge on any atom is 0.0619 e. The molecule has 0 aliphatic heterocycles. The summed E-state index contributed by atoms with van der Waals surface area (Å²) in [5.74, 6) is 0. The molecule has 12 rings (SSSR count). The first-order valence-corrected chi connectivity index (χ1v) is 19.8. The first kappa shape index (κ1) is 31.8. The van der Waals surface area contributed by atoms with E-state index in [2.05, 4.69) is 217 Å². The molecular formula is C56H35N. The van der Waals surface area contributed by atoms with Gasteiger partial charge in [0.05, 0.1) is 16.7 Å². The molecule has 12 aromatic rings. The van der Waals surface area contributed by atoms with Gasteiger partial charge in [0, 0.05) is 21.5 Å². The third kappa shape index (κ3) is 4.70. The number of hydrogen-bond donors (Lipinski definition) is 0. The molecule has 1 heterocycles. The third-order valence-electron chi connectivity index (χ3n) is 12.1. The molecule has 0 saturated heterocycles. The summed E-state index contributed by atoms with van der Waals surface area (Å²) in [4.78, 5) is 0. The summed E-state index contributed by atoms with van der Waals surface area (Å²) in [5, 5.41) is 15.0. The summed E-state index contributed by atoms with van der Waals surface area (Å²) < 4.78 is 2.50. The van der Waals surface area contributed by atoms with Crippen LogP contribution in [0.4, 0.5) is 0 Å². The van der Waals surface area contributed by atoms with Gasteiger partial charge in [-0.2, -0.15) is 0 Å². The second-order valence-corrected chi connectivity index (χ2v) is 15.1. The minimum atomic E-state index is 1.21. The van der Waals surface area contributed by atoms with Crippen molar-refractivity contribution >= 4 is 75.7 Å². The van der Waals surface area contributed by atoms with Crippen molar-refractivity contribution in [2.45, 2.75) is 0 Å². The molecule has 11 aromatic carbocycles. The Balaban J connectivity index is 1.26. The van der Waals surface area contributed by atoms with E-state index in [-0.39, 0.29) is 0 Å². The molecule has 1 heteroatoms. The van der Waals surface area contributed by atoms with Crippen LogP contribution in [0, 0.1) is 0 Å². The van der Waals surface area contributed by atoms with Gasteiger partial charge in [-0.1, -0.05) is 194 Å². The van der Waals surface area contributed by atoms with E-state index in [4.69, 9.17) is 0 Å². The molecule has 264 valence electrons. The standard InChI is InChI=1S/C56H35N/c1-2-18-37(19-3-1)53-43-24-6-7-25-44(43)54(47-34-33-38(35-50(47)53)40-30-16-20-36-17-4-5-21-39(36)40)55-45-26-8-10-28-48(45)56(49-29-11-9-27-46(49)55)57-51-31-14-12-22-41(51)42-23-13-15-32-52(42)57/h1-35H. The normalized spacial score (nSPS) is 11.9. The van der Waals surface area contributed by atoms with Crippen molar-refractivity contribution in [1.29, 1.82) is 0 Å². The minimum absolute atomic E-state index is 1.21. The van der Waals surface area contributed by atoms with Crippen LogP contribution in [0.25, 0.3) is 115 Å². The number of hydrogen-bond acceptors (Lipinski definition) is 0. The Hall–Kier alpha value is -7.48. The molecule has 0 radical (unpaired) electrons. The summed E-state index contributed by atoms with van der Waals surface area (Å²) in [6, 6.07) is 78.4. The van der Waals surface area contributed by atoms with E-state index in [1.165, 1.54) is 115 Å². The van der Waals surface area contributed by atoms with Crippen LogP contribution < -0.4 is 0 Å². The van der Waals surface area contributed by atoms with E-state index < -0.39 is 0 Å². The molecule has 57 heavy (non-hydrogen) atoms. The van der Waals surface area contributed by atoms with E-state index in [9.17, 15) is 0 Å². The second-order valence-electron chi connectivity index (χ2n) is 15.1. The monoisotopic (exact) mass is 721 g/mol. The van der Waals surface area contributed by atoms with E-state index in [0.29, 0.717) is 0 Å². The third-order valence-corrected chi connectivity index (χ3v) is 12.1. The number of nitrogens with zero attached hydrogens (tertiary/aromatic N) is 1. The minimum Gasteiger partial charge on any atom is -0.308 e. The highest BCUT2D eigenvalue weighted by Crippen LogP contribution is 2.50. The lowest BCUT2D eigenvalue weighted by Gasteiger charge is -2.23. The molecule has 0 amide bonds. The smallest absolute Gasteiger partial charge is 0.0619 e. The zero-order valence-corrected chi connectivity index (χ0v) is 31.2. The fraction of sp³-hybridized carbons (Fsp3) is 0. The van der Waals surface area contributed by atoms with Crippen LogP contribution in [-0.4, -0.2) is 4.57 Å².